The number of H-pyrrole nitrogens is 1. The van der Waals surface area contributed by atoms with E-state index >= 15 is 0 Å². The third-order valence-corrected chi connectivity index (χ3v) is 4.08. The Hall–Kier alpha value is -2.64. The van der Waals surface area contributed by atoms with Crippen molar-refractivity contribution in [3.05, 3.63) is 92.2 Å². The Bertz CT molecular complexity index is 940. The quantitative estimate of drug-likeness (QED) is 0.754. The maximum absolute atomic E-state index is 12.4. The van der Waals surface area contributed by atoms with Gasteiger partial charge in [-0.05, 0) is 29.3 Å². The lowest BCUT2D eigenvalue weighted by molar-refractivity contribution is 1.09. The highest BCUT2D eigenvalue weighted by Crippen LogP contribution is 2.21. The number of halogens is 1. The molecule has 2 aromatic carbocycles. The van der Waals surface area contributed by atoms with Crippen LogP contribution in [-0.2, 0) is 6.42 Å². The van der Waals surface area contributed by atoms with Crippen LogP contribution < -0.4 is 5.56 Å². The largest absolute Gasteiger partial charge is 0.321 e. The van der Waals surface area contributed by atoms with Crippen LogP contribution in [0.4, 0.5) is 0 Å². The molecule has 4 heteroatoms. The Morgan fingerprint density at radius 1 is 1.04 bits per heavy atom. The van der Waals surface area contributed by atoms with Gasteiger partial charge in [0.1, 0.15) is 6.07 Å². The lowest BCUT2D eigenvalue weighted by atomic mass is 10.0. The Morgan fingerprint density at radius 3 is 2.52 bits per heavy atom. The van der Waals surface area contributed by atoms with Crippen molar-refractivity contribution in [2.24, 2.45) is 0 Å². The molecule has 0 saturated carbocycles. The number of benzene rings is 2. The van der Waals surface area contributed by atoms with E-state index < -0.39 is 0 Å². The first kappa shape index (κ1) is 15.3. The number of aromatic nitrogens is 1. The average Bonchev–Trinajstić information content (AvgIpc) is 2.57. The number of hydrogen-bond donors (Lipinski definition) is 1. The first-order valence-electron chi connectivity index (χ1n) is 7.13. The van der Waals surface area contributed by atoms with E-state index in [0.717, 1.165) is 15.6 Å². The summed E-state index contributed by atoms with van der Waals surface area (Å²) in [5.41, 5.74) is 3.30. The zero-order valence-electron chi connectivity index (χ0n) is 12.2. The zero-order chi connectivity index (χ0) is 16.2. The highest BCUT2D eigenvalue weighted by molar-refractivity contribution is 9.10. The minimum Gasteiger partial charge on any atom is -0.321 e. The molecule has 0 unspecified atom stereocenters. The van der Waals surface area contributed by atoms with Crippen LogP contribution >= 0.6 is 15.9 Å². The zero-order valence-corrected chi connectivity index (χ0v) is 13.8. The molecule has 0 aliphatic heterocycles. The standard InChI is InChI=1S/C19H13BrN2O/c20-17-8-4-5-13(10-17)9-15-11-16(12-21)18(22-19(15)23)14-6-2-1-3-7-14/h1-8,10-11H,9H2,(H,22,23). The van der Waals surface area contributed by atoms with Crippen LogP contribution in [0.1, 0.15) is 16.7 Å². The van der Waals surface area contributed by atoms with Crippen molar-refractivity contribution in [1.82, 2.24) is 4.98 Å². The van der Waals surface area contributed by atoms with Crippen molar-refractivity contribution in [3.63, 3.8) is 0 Å². The van der Waals surface area contributed by atoms with Gasteiger partial charge in [-0.2, -0.15) is 5.26 Å². The number of pyridine rings is 1. The molecule has 1 aromatic heterocycles. The van der Waals surface area contributed by atoms with E-state index in [2.05, 4.69) is 27.0 Å². The van der Waals surface area contributed by atoms with Gasteiger partial charge >= 0.3 is 0 Å². The Labute approximate surface area is 142 Å². The lowest BCUT2D eigenvalue weighted by Crippen LogP contribution is -2.15. The van der Waals surface area contributed by atoms with Gasteiger partial charge in [0.2, 0.25) is 0 Å². The van der Waals surface area contributed by atoms with Crippen LogP contribution in [0.5, 0.6) is 0 Å². The lowest BCUT2D eigenvalue weighted by Gasteiger charge is -2.07. The molecule has 3 aromatic rings. The normalized spacial score (nSPS) is 10.3. The maximum Gasteiger partial charge on any atom is 0.252 e. The fourth-order valence-electron chi connectivity index (χ4n) is 2.49. The third-order valence-electron chi connectivity index (χ3n) is 3.58. The van der Waals surface area contributed by atoms with Gasteiger partial charge in [0.25, 0.3) is 5.56 Å². The molecule has 112 valence electrons. The Balaban J connectivity index is 2.04. The second-order valence-corrected chi connectivity index (χ2v) is 6.11. The molecule has 0 aliphatic rings. The van der Waals surface area contributed by atoms with E-state index in [1.165, 1.54) is 0 Å². The topological polar surface area (TPSA) is 56.6 Å². The number of hydrogen-bond acceptors (Lipinski definition) is 2. The molecule has 23 heavy (non-hydrogen) atoms. The summed E-state index contributed by atoms with van der Waals surface area (Å²) in [5.74, 6) is 0. The molecule has 0 fully saturated rings. The smallest absolute Gasteiger partial charge is 0.252 e. The fourth-order valence-corrected chi connectivity index (χ4v) is 2.94. The van der Waals surface area contributed by atoms with Crippen LogP contribution in [0.15, 0.2) is 69.9 Å². The molecule has 1 N–H and O–H groups in total. The van der Waals surface area contributed by atoms with Crippen molar-refractivity contribution >= 4 is 15.9 Å². The third kappa shape index (κ3) is 3.41. The van der Waals surface area contributed by atoms with Crippen molar-refractivity contribution in [3.8, 4) is 17.3 Å². The van der Waals surface area contributed by atoms with Crippen LogP contribution in [0.25, 0.3) is 11.3 Å². The van der Waals surface area contributed by atoms with E-state index in [1.807, 2.05) is 54.6 Å². The number of rotatable bonds is 3. The number of nitrogens with one attached hydrogen (secondary N) is 1. The predicted molar refractivity (Wildman–Crippen MR) is 94.2 cm³/mol. The van der Waals surface area contributed by atoms with Crippen molar-refractivity contribution < 1.29 is 0 Å². The summed E-state index contributed by atoms with van der Waals surface area (Å²) < 4.78 is 0.966. The average molecular weight is 365 g/mol. The summed E-state index contributed by atoms with van der Waals surface area (Å²) in [4.78, 5) is 15.3. The SMILES string of the molecule is N#Cc1cc(Cc2cccc(Br)c2)c(=O)[nH]c1-c1ccccc1. The molecule has 3 nitrogen and oxygen atoms in total. The molecule has 0 bridgehead atoms. The second kappa shape index (κ2) is 6.64. The summed E-state index contributed by atoms with van der Waals surface area (Å²) in [7, 11) is 0. The minimum absolute atomic E-state index is 0.164. The number of aromatic amines is 1. The van der Waals surface area contributed by atoms with Crippen LogP contribution in [-0.4, -0.2) is 4.98 Å². The number of nitrogens with zero attached hydrogens (tertiary/aromatic N) is 1. The Morgan fingerprint density at radius 2 is 1.83 bits per heavy atom. The highest BCUT2D eigenvalue weighted by Gasteiger charge is 2.11. The van der Waals surface area contributed by atoms with Gasteiger partial charge in [-0.1, -0.05) is 58.4 Å². The van der Waals surface area contributed by atoms with Crippen molar-refractivity contribution in [2.45, 2.75) is 6.42 Å². The highest BCUT2D eigenvalue weighted by atomic mass is 79.9. The Kier molecular flexibility index (Phi) is 4.40. The minimum atomic E-state index is -0.164. The van der Waals surface area contributed by atoms with E-state index in [9.17, 15) is 10.1 Å². The summed E-state index contributed by atoms with van der Waals surface area (Å²) in [6.07, 6.45) is 0.485. The molecule has 3 rings (SSSR count). The summed E-state index contributed by atoms with van der Waals surface area (Å²) >= 11 is 3.43. The number of nitriles is 1. The molecule has 0 amide bonds. The summed E-state index contributed by atoms with van der Waals surface area (Å²) in [6.45, 7) is 0. The molecule has 0 saturated heterocycles. The maximum atomic E-state index is 12.4. The molecule has 1 heterocycles. The van der Waals surface area contributed by atoms with Crippen molar-refractivity contribution in [1.29, 1.82) is 5.26 Å². The van der Waals surface area contributed by atoms with Crippen LogP contribution in [0.2, 0.25) is 0 Å². The van der Waals surface area contributed by atoms with Gasteiger partial charge in [-0.25, -0.2) is 0 Å². The molecule has 0 atom stereocenters. The van der Waals surface area contributed by atoms with Gasteiger partial charge in [0, 0.05) is 16.5 Å². The monoisotopic (exact) mass is 364 g/mol. The second-order valence-electron chi connectivity index (χ2n) is 5.20. The fraction of sp³-hybridized carbons (Fsp3) is 0.0526. The molecule has 0 aliphatic carbocycles. The van der Waals surface area contributed by atoms with Gasteiger partial charge in [-0.15, -0.1) is 0 Å². The first-order chi connectivity index (χ1) is 11.2. The molecular formula is C19H13BrN2O. The van der Waals surface area contributed by atoms with Gasteiger partial charge < -0.3 is 4.98 Å². The van der Waals surface area contributed by atoms with Gasteiger partial charge in [0.15, 0.2) is 0 Å². The van der Waals surface area contributed by atoms with E-state index in [-0.39, 0.29) is 5.56 Å². The van der Waals surface area contributed by atoms with Gasteiger partial charge in [0.05, 0.1) is 11.3 Å². The van der Waals surface area contributed by atoms with Crippen molar-refractivity contribution in [2.75, 3.05) is 0 Å². The van der Waals surface area contributed by atoms with Crippen LogP contribution in [0.3, 0.4) is 0 Å². The van der Waals surface area contributed by atoms with Gasteiger partial charge in [-0.3, -0.25) is 4.79 Å². The molecule has 0 spiro atoms. The first-order valence-corrected chi connectivity index (χ1v) is 7.93. The van der Waals surface area contributed by atoms with E-state index in [0.29, 0.717) is 23.2 Å². The summed E-state index contributed by atoms with van der Waals surface area (Å²) in [6, 6.07) is 21.1. The summed E-state index contributed by atoms with van der Waals surface area (Å²) in [5, 5.41) is 9.43. The van der Waals surface area contributed by atoms with E-state index in [1.54, 1.807) is 6.07 Å². The van der Waals surface area contributed by atoms with Crippen LogP contribution in [0, 0.1) is 11.3 Å². The molecule has 0 radical (unpaired) electrons. The van der Waals surface area contributed by atoms with E-state index in [4.69, 9.17) is 0 Å². The molecular weight excluding hydrogens is 352 g/mol. The predicted octanol–water partition coefficient (Wildman–Crippen LogP) is 4.27.